The second-order valence-electron chi connectivity index (χ2n) is 10.6. The molecule has 3 atom stereocenters. The van der Waals surface area contributed by atoms with E-state index in [2.05, 4.69) is 48.6 Å². The molecular formula is C31H41Cl2N7O. The van der Waals surface area contributed by atoms with Crippen molar-refractivity contribution in [3.05, 3.63) is 70.3 Å². The Morgan fingerprint density at radius 3 is 2.54 bits per heavy atom. The van der Waals surface area contributed by atoms with Gasteiger partial charge in [0.1, 0.15) is 28.9 Å². The van der Waals surface area contributed by atoms with Crippen molar-refractivity contribution in [2.24, 2.45) is 16.8 Å². The number of halogens is 2. The zero-order valence-corrected chi connectivity index (χ0v) is 26.2. The van der Waals surface area contributed by atoms with Gasteiger partial charge in [-0.1, -0.05) is 61.4 Å². The number of hydrogen-bond acceptors (Lipinski definition) is 6. The Hall–Kier alpha value is -3.20. The van der Waals surface area contributed by atoms with Gasteiger partial charge in [0.05, 0.1) is 21.7 Å². The highest BCUT2D eigenvalue weighted by molar-refractivity contribution is 6.36. The summed E-state index contributed by atoms with van der Waals surface area (Å²) in [7, 11) is 3.65. The highest BCUT2D eigenvalue weighted by atomic mass is 35.5. The van der Waals surface area contributed by atoms with Crippen LogP contribution in [-0.2, 0) is 4.79 Å². The van der Waals surface area contributed by atoms with E-state index < -0.39 is 0 Å². The minimum atomic E-state index is -0.267. The number of carbonyl (C=O) groups is 1. The smallest absolute Gasteiger partial charge is 0.215 e. The van der Waals surface area contributed by atoms with Crippen LogP contribution in [0, 0.1) is 11.8 Å². The van der Waals surface area contributed by atoms with Crippen LogP contribution < -0.4 is 16.0 Å². The molecule has 2 heterocycles. The van der Waals surface area contributed by atoms with Crippen molar-refractivity contribution in [3.8, 4) is 11.4 Å². The summed E-state index contributed by atoms with van der Waals surface area (Å²) in [4.78, 5) is 31.1. The van der Waals surface area contributed by atoms with Crippen molar-refractivity contribution in [2.75, 3.05) is 37.8 Å². The molecule has 0 saturated heterocycles. The number of nitrogens with two attached hydrogens (primary N) is 1. The molecule has 1 amide bonds. The van der Waals surface area contributed by atoms with E-state index in [1.165, 1.54) is 0 Å². The third kappa shape index (κ3) is 7.18. The molecule has 10 heteroatoms. The van der Waals surface area contributed by atoms with Crippen LogP contribution in [0.15, 0.2) is 59.6 Å². The molecule has 1 aliphatic carbocycles. The van der Waals surface area contributed by atoms with Crippen LogP contribution in [0.2, 0.25) is 10.0 Å². The third-order valence-corrected chi connectivity index (χ3v) is 7.92. The summed E-state index contributed by atoms with van der Waals surface area (Å²) in [5, 5.41) is 3.92. The molecule has 0 fully saturated rings. The lowest BCUT2D eigenvalue weighted by molar-refractivity contribution is -0.108. The third-order valence-electron chi connectivity index (χ3n) is 7.33. The zero-order valence-electron chi connectivity index (χ0n) is 24.7. The molecular weight excluding hydrogens is 557 g/mol. The van der Waals surface area contributed by atoms with Crippen molar-refractivity contribution < 1.29 is 4.79 Å². The van der Waals surface area contributed by atoms with E-state index in [-0.39, 0.29) is 29.7 Å². The maximum absolute atomic E-state index is 13.1. The SMILES string of the molecule is C=CCCN(C(=NC)c1cc(Cl)c(-c2nc(N)ccc2Cl)nc1N(C=O)C1C(C)=CC=CC1C(C)C)C(C)CNC. The van der Waals surface area contributed by atoms with Gasteiger partial charge in [-0.15, -0.1) is 6.58 Å². The standard InChI is InChI=1S/C31H41Cl2N7O/c1-8-9-15-39(21(5)17-35-6)30(36-7)23-16-25(33)28(27-24(32)13-14-26(34)37-27)38-31(23)40(18-41)29-20(4)11-10-12-22(29)19(2)3/h8,10-14,16,18-19,21-22,29,35H,1,9,15,17H2,2-7H3,(H2,34,37). The second kappa shape index (κ2) is 14.6. The van der Waals surface area contributed by atoms with Gasteiger partial charge in [-0.3, -0.25) is 14.7 Å². The highest BCUT2D eigenvalue weighted by Gasteiger charge is 2.35. The monoisotopic (exact) mass is 597 g/mol. The molecule has 220 valence electrons. The maximum atomic E-state index is 13.1. The lowest BCUT2D eigenvalue weighted by Gasteiger charge is -2.39. The van der Waals surface area contributed by atoms with Crippen LogP contribution in [0.4, 0.5) is 11.6 Å². The number of carbonyl (C=O) groups excluding carboxylic acids is 1. The first-order chi connectivity index (χ1) is 19.6. The first-order valence-electron chi connectivity index (χ1n) is 13.8. The Labute approximate surface area is 254 Å². The number of allylic oxidation sites excluding steroid dienone is 2. The molecule has 3 unspecified atom stereocenters. The largest absolute Gasteiger partial charge is 0.384 e. The van der Waals surface area contributed by atoms with E-state index in [1.807, 2.05) is 32.2 Å². The minimum absolute atomic E-state index is 0.0650. The number of pyridine rings is 2. The number of aliphatic imine (C=N–C) groups is 1. The van der Waals surface area contributed by atoms with Gasteiger partial charge in [-0.2, -0.15) is 0 Å². The van der Waals surface area contributed by atoms with E-state index in [1.54, 1.807) is 30.1 Å². The summed E-state index contributed by atoms with van der Waals surface area (Å²) in [5.74, 6) is 1.69. The number of nitrogen functional groups attached to an aromatic ring is 1. The summed E-state index contributed by atoms with van der Waals surface area (Å²) >= 11 is 13.5. The number of nitrogens with zero attached hydrogens (tertiary/aromatic N) is 5. The fourth-order valence-corrected chi connectivity index (χ4v) is 5.72. The van der Waals surface area contributed by atoms with Crippen molar-refractivity contribution in [1.82, 2.24) is 20.2 Å². The van der Waals surface area contributed by atoms with E-state index in [0.29, 0.717) is 45.2 Å². The first kappa shape index (κ1) is 32.3. The summed E-state index contributed by atoms with van der Waals surface area (Å²) in [6.45, 7) is 13.8. The predicted octanol–water partition coefficient (Wildman–Crippen LogP) is 6.01. The van der Waals surface area contributed by atoms with Crippen LogP contribution in [0.25, 0.3) is 11.4 Å². The van der Waals surface area contributed by atoms with Gasteiger partial charge >= 0.3 is 0 Å². The molecule has 0 aromatic carbocycles. The highest BCUT2D eigenvalue weighted by Crippen LogP contribution is 2.38. The minimum Gasteiger partial charge on any atom is -0.384 e. The first-order valence-corrected chi connectivity index (χ1v) is 14.6. The lowest BCUT2D eigenvalue weighted by atomic mass is 9.81. The van der Waals surface area contributed by atoms with E-state index in [9.17, 15) is 4.79 Å². The van der Waals surface area contributed by atoms with Gasteiger partial charge in [0.2, 0.25) is 6.41 Å². The Kier molecular flexibility index (Phi) is 11.5. The fraction of sp³-hybridized carbons (Fsp3) is 0.419. The lowest BCUT2D eigenvalue weighted by Crippen LogP contribution is -2.47. The molecule has 0 aliphatic heterocycles. The summed E-state index contributed by atoms with van der Waals surface area (Å²) in [5.41, 5.74) is 8.36. The summed E-state index contributed by atoms with van der Waals surface area (Å²) in [6.07, 6.45) is 9.69. The van der Waals surface area contributed by atoms with Crippen LogP contribution in [0.3, 0.4) is 0 Å². The Bertz CT molecular complexity index is 1340. The maximum Gasteiger partial charge on any atom is 0.215 e. The molecule has 41 heavy (non-hydrogen) atoms. The van der Waals surface area contributed by atoms with Gasteiger partial charge in [0.25, 0.3) is 0 Å². The van der Waals surface area contributed by atoms with Gasteiger partial charge in [-0.05, 0) is 57.0 Å². The molecule has 1 aliphatic rings. The van der Waals surface area contributed by atoms with Crippen LogP contribution in [-0.4, -0.2) is 66.4 Å². The predicted molar refractivity (Wildman–Crippen MR) is 173 cm³/mol. The Morgan fingerprint density at radius 2 is 1.93 bits per heavy atom. The quantitative estimate of drug-likeness (QED) is 0.134. The summed E-state index contributed by atoms with van der Waals surface area (Å²) < 4.78 is 0. The van der Waals surface area contributed by atoms with Gasteiger partial charge in [0, 0.05) is 32.1 Å². The average molecular weight is 599 g/mol. The van der Waals surface area contributed by atoms with Crippen molar-refractivity contribution in [2.45, 2.75) is 46.2 Å². The number of aromatic nitrogens is 2. The normalized spacial score (nSPS) is 17.8. The van der Waals surface area contributed by atoms with Gasteiger partial charge in [-0.25, -0.2) is 9.97 Å². The van der Waals surface area contributed by atoms with Crippen LogP contribution in [0.1, 0.15) is 39.7 Å². The van der Waals surface area contributed by atoms with Crippen molar-refractivity contribution in [1.29, 1.82) is 0 Å². The fourth-order valence-electron chi connectivity index (χ4n) is 5.29. The van der Waals surface area contributed by atoms with E-state index >= 15 is 0 Å². The van der Waals surface area contributed by atoms with Crippen LogP contribution >= 0.6 is 23.2 Å². The topological polar surface area (TPSA) is 99.7 Å². The number of amidine groups is 1. The van der Waals surface area contributed by atoms with Crippen LogP contribution in [0.5, 0.6) is 0 Å². The molecule has 3 rings (SSSR count). The molecule has 0 radical (unpaired) electrons. The molecule has 2 aromatic heterocycles. The summed E-state index contributed by atoms with van der Waals surface area (Å²) in [6, 6.07) is 4.88. The van der Waals surface area contributed by atoms with Crippen molar-refractivity contribution in [3.63, 3.8) is 0 Å². The number of nitrogens with one attached hydrogen (secondary N) is 1. The van der Waals surface area contributed by atoms with Gasteiger partial charge in [0.15, 0.2) is 0 Å². The molecule has 3 N–H and O–H groups in total. The number of amides is 1. The Morgan fingerprint density at radius 1 is 1.22 bits per heavy atom. The zero-order chi connectivity index (χ0) is 30.3. The Balaban J connectivity index is 2.36. The van der Waals surface area contributed by atoms with Gasteiger partial charge < -0.3 is 16.0 Å². The molecule has 0 spiro atoms. The molecule has 8 nitrogen and oxygen atoms in total. The van der Waals surface area contributed by atoms with E-state index in [0.717, 1.165) is 24.9 Å². The molecule has 0 saturated carbocycles. The number of anilines is 2. The number of rotatable bonds is 12. The molecule has 0 bridgehead atoms. The molecule has 2 aromatic rings. The van der Waals surface area contributed by atoms with Crippen molar-refractivity contribution >= 4 is 47.1 Å². The second-order valence-corrected chi connectivity index (χ2v) is 11.4. The average Bonchev–Trinajstić information content (AvgIpc) is 2.94. The van der Waals surface area contributed by atoms with E-state index in [4.69, 9.17) is 38.9 Å². The number of likely N-dealkylation sites (N-methyl/N-ethyl adjacent to an activating group) is 1. The number of hydrogen-bond donors (Lipinski definition) is 2.